The first-order valence-electron chi connectivity index (χ1n) is 12.5. The molecule has 0 aliphatic carbocycles. The van der Waals surface area contributed by atoms with Crippen molar-refractivity contribution in [3.05, 3.63) is 131 Å². The fourth-order valence-corrected chi connectivity index (χ4v) is 6.55. The van der Waals surface area contributed by atoms with Gasteiger partial charge in [-0.2, -0.15) is 0 Å². The zero-order valence-corrected chi connectivity index (χ0v) is 22.0. The fourth-order valence-electron chi connectivity index (χ4n) is 5.27. The molecule has 1 amide bonds. The Morgan fingerprint density at radius 1 is 0.737 bits per heavy atom. The molecule has 6 aromatic rings. The lowest BCUT2D eigenvalue weighted by Crippen LogP contribution is -2.27. The molecule has 1 aliphatic rings. The SMILES string of the molecule is O=C1/C(=C\c2cn(Cc3ccc4ccccc4c3)c3ccccc23)SC(=S)N1c1cccc2ccccc12. The van der Waals surface area contributed by atoms with Gasteiger partial charge in [0.1, 0.15) is 0 Å². The number of aromatic nitrogens is 1. The van der Waals surface area contributed by atoms with E-state index >= 15 is 0 Å². The third-order valence-electron chi connectivity index (χ3n) is 7.07. The highest BCUT2D eigenvalue weighted by atomic mass is 32.2. The summed E-state index contributed by atoms with van der Waals surface area (Å²) in [5.74, 6) is -0.0808. The summed E-state index contributed by atoms with van der Waals surface area (Å²) in [4.78, 5) is 16.0. The third-order valence-corrected chi connectivity index (χ3v) is 8.38. The number of hydrogen-bond acceptors (Lipinski definition) is 3. The van der Waals surface area contributed by atoms with Crippen molar-refractivity contribution < 1.29 is 4.79 Å². The van der Waals surface area contributed by atoms with Gasteiger partial charge in [-0.05, 0) is 46.0 Å². The lowest BCUT2D eigenvalue weighted by atomic mass is 10.1. The third kappa shape index (κ3) is 3.92. The van der Waals surface area contributed by atoms with Gasteiger partial charge >= 0.3 is 0 Å². The Labute approximate surface area is 230 Å². The van der Waals surface area contributed by atoms with Crippen molar-refractivity contribution in [2.24, 2.45) is 0 Å². The normalized spacial score (nSPS) is 14.9. The summed E-state index contributed by atoms with van der Waals surface area (Å²) in [6.45, 7) is 0.746. The van der Waals surface area contributed by atoms with Crippen LogP contribution in [0.5, 0.6) is 0 Å². The minimum Gasteiger partial charge on any atom is -0.342 e. The molecule has 7 rings (SSSR count). The number of hydrogen-bond donors (Lipinski definition) is 0. The molecule has 5 aromatic carbocycles. The second-order valence-electron chi connectivity index (χ2n) is 9.43. The van der Waals surface area contributed by atoms with Crippen LogP contribution in [-0.4, -0.2) is 14.8 Å². The lowest BCUT2D eigenvalue weighted by Gasteiger charge is -2.17. The maximum Gasteiger partial charge on any atom is 0.270 e. The number of anilines is 1. The Hall–Kier alpha value is -4.19. The molecular formula is C33H22N2OS2. The lowest BCUT2D eigenvalue weighted by molar-refractivity contribution is -0.113. The van der Waals surface area contributed by atoms with E-state index < -0.39 is 0 Å². The number of thiocarbonyl (C=S) groups is 1. The van der Waals surface area contributed by atoms with Gasteiger partial charge < -0.3 is 4.57 Å². The zero-order chi connectivity index (χ0) is 25.6. The van der Waals surface area contributed by atoms with Crippen LogP contribution >= 0.6 is 24.0 Å². The number of benzene rings is 5. The van der Waals surface area contributed by atoms with E-state index in [2.05, 4.69) is 83.6 Å². The Bertz CT molecular complexity index is 1930. The highest BCUT2D eigenvalue weighted by Gasteiger charge is 2.34. The average Bonchev–Trinajstić information content (AvgIpc) is 3.43. The molecule has 0 bridgehead atoms. The number of thioether (sulfide) groups is 1. The van der Waals surface area contributed by atoms with Crippen LogP contribution in [0.1, 0.15) is 11.1 Å². The number of carbonyl (C=O) groups is 1. The van der Waals surface area contributed by atoms with Gasteiger partial charge in [0.05, 0.1) is 10.6 Å². The maximum absolute atomic E-state index is 13.7. The zero-order valence-electron chi connectivity index (χ0n) is 20.4. The number of para-hydroxylation sites is 1. The predicted octanol–water partition coefficient (Wildman–Crippen LogP) is 8.40. The van der Waals surface area contributed by atoms with Crippen molar-refractivity contribution in [3.8, 4) is 0 Å². The van der Waals surface area contributed by atoms with E-state index in [1.807, 2.05) is 42.5 Å². The summed E-state index contributed by atoms with van der Waals surface area (Å²) in [6, 6.07) is 37.5. The summed E-state index contributed by atoms with van der Waals surface area (Å²) in [5.41, 5.74) is 4.21. The molecule has 1 fully saturated rings. The molecule has 0 atom stereocenters. The Morgan fingerprint density at radius 3 is 2.32 bits per heavy atom. The van der Waals surface area contributed by atoms with E-state index in [-0.39, 0.29) is 5.91 Å². The van der Waals surface area contributed by atoms with E-state index in [0.717, 1.165) is 39.5 Å². The summed E-state index contributed by atoms with van der Waals surface area (Å²) in [6.07, 6.45) is 4.13. The molecule has 38 heavy (non-hydrogen) atoms. The van der Waals surface area contributed by atoms with Gasteiger partial charge in [-0.3, -0.25) is 9.69 Å². The number of amides is 1. The number of fused-ring (bicyclic) bond motifs is 3. The van der Waals surface area contributed by atoms with Crippen LogP contribution in [0.2, 0.25) is 0 Å². The van der Waals surface area contributed by atoms with E-state index in [0.29, 0.717) is 9.23 Å². The van der Waals surface area contributed by atoms with Crippen LogP contribution in [-0.2, 0) is 11.3 Å². The molecule has 1 aliphatic heterocycles. The van der Waals surface area contributed by atoms with E-state index in [4.69, 9.17) is 12.2 Å². The quantitative estimate of drug-likeness (QED) is 0.170. The molecule has 5 heteroatoms. The van der Waals surface area contributed by atoms with Gasteiger partial charge in [-0.25, -0.2) is 0 Å². The van der Waals surface area contributed by atoms with Crippen LogP contribution in [0.4, 0.5) is 5.69 Å². The molecular weight excluding hydrogens is 505 g/mol. The summed E-state index contributed by atoms with van der Waals surface area (Å²) < 4.78 is 2.81. The van der Waals surface area contributed by atoms with Crippen molar-refractivity contribution in [3.63, 3.8) is 0 Å². The molecule has 1 saturated heterocycles. The molecule has 0 radical (unpaired) electrons. The Balaban J connectivity index is 1.26. The smallest absolute Gasteiger partial charge is 0.270 e. The van der Waals surface area contributed by atoms with Gasteiger partial charge in [0.15, 0.2) is 4.32 Å². The Morgan fingerprint density at radius 2 is 1.45 bits per heavy atom. The molecule has 3 nitrogen and oxygen atoms in total. The predicted molar refractivity (Wildman–Crippen MR) is 165 cm³/mol. The van der Waals surface area contributed by atoms with Gasteiger partial charge in [-0.15, -0.1) is 0 Å². The molecule has 182 valence electrons. The largest absolute Gasteiger partial charge is 0.342 e. The number of carbonyl (C=O) groups excluding carboxylic acids is 1. The molecule has 0 unspecified atom stereocenters. The van der Waals surface area contributed by atoms with Gasteiger partial charge in [0, 0.05) is 34.6 Å². The second-order valence-corrected chi connectivity index (χ2v) is 11.1. The first-order valence-corrected chi connectivity index (χ1v) is 13.7. The van der Waals surface area contributed by atoms with Crippen LogP contribution in [0.15, 0.2) is 120 Å². The van der Waals surface area contributed by atoms with E-state index in [1.165, 1.54) is 28.1 Å². The number of nitrogens with zero attached hydrogens (tertiary/aromatic N) is 2. The summed E-state index contributed by atoms with van der Waals surface area (Å²) in [7, 11) is 0. The standard InChI is InChI=1S/C33H22N2OS2/c36-32-31(38-33(37)35(32)30-15-7-11-24-9-3-4-12-27(24)30)19-26-21-34(29-14-6-5-13-28(26)29)20-22-16-17-23-8-1-2-10-25(23)18-22/h1-19,21H,20H2/b31-19+. The minimum absolute atomic E-state index is 0.0808. The van der Waals surface area contributed by atoms with Crippen LogP contribution in [0, 0.1) is 0 Å². The average molecular weight is 527 g/mol. The molecule has 2 heterocycles. The number of rotatable bonds is 4. The van der Waals surface area contributed by atoms with Crippen LogP contribution in [0.25, 0.3) is 38.5 Å². The summed E-state index contributed by atoms with van der Waals surface area (Å²) in [5, 5.41) is 5.68. The van der Waals surface area contributed by atoms with E-state index in [1.54, 1.807) is 4.90 Å². The topological polar surface area (TPSA) is 25.2 Å². The first kappa shape index (κ1) is 23.0. The molecule has 0 spiro atoms. The summed E-state index contributed by atoms with van der Waals surface area (Å²) >= 11 is 7.07. The van der Waals surface area contributed by atoms with Crippen molar-refractivity contribution in [2.75, 3.05) is 4.90 Å². The highest BCUT2D eigenvalue weighted by Crippen LogP contribution is 2.39. The fraction of sp³-hybridized carbons (Fsp3) is 0.0303. The monoisotopic (exact) mass is 526 g/mol. The highest BCUT2D eigenvalue weighted by molar-refractivity contribution is 8.27. The minimum atomic E-state index is -0.0808. The first-order chi connectivity index (χ1) is 18.7. The maximum atomic E-state index is 13.7. The van der Waals surface area contributed by atoms with Crippen LogP contribution < -0.4 is 4.90 Å². The molecule has 1 aromatic heterocycles. The van der Waals surface area contributed by atoms with Gasteiger partial charge in [-0.1, -0.05) is 115 Å². The van der Waals surface area contributed by atoms with Gasteiger partial charge in [0.2, 0.25) is 0 Å². The van der Waals surface area contributed by atoms with Gasteiger partial charge in [0.25, 0.3) is 5.91 Å². The van der Waals surface area contributed by atoms with Crippen molar-refractivity contribution in [1.82, 2.24) is 4.57 Å². The Kier molecular flexibility index (Phi) is 5.61. The van der Waals surface area contributed by atoms with Crippen LogP contribution in [0.3, 0.4) is 0 Å². The second kappa shape index (κ2) is 9.28. The van der Waals surface area contributed by atoms with E-state index in [9.17, 15) is 4.79 Å². The van der Waals surface area contributed by atoms with Crippen molar-refractivity contribution in [2.45, 2.75) is 6.54 Å². The molecule has 0 saturated carbocycles. The van der Waals surface area contributed by atoms with Crippen molar-refractivity contribution >= 4 is 78.4 Å². The van der Waals surface area contributed by atoms with Crippen molar-refractivity contribution in [1.29, 1.82) is 0 Å². The molecule has 0 N–H and O–H groups in total.